The van der Waals surface area contributed by atoms with Crippen molar-refractivity contribution in [3.05, 3.63) is 18.2 Å². The number of ether oxygens (including phenoxy) is 1. The highest BCUT2D eigenvalue weighted by Crippen LogP contribution is 2.51. The molecule has 0 saturated heterocycles. The predicted octanol–water partition coefficient (Wildman–Crippen LogP) is 3.13. The summed E-state index contributed by atoms with van der Waals surface area (Å²) < 4.78 is 5.21. The minimum atomic E-state index is 0.498. The topological polar surface area (TPSA) is 47.3 Å². The van der Waals surface area contributed by atoms with Crippen LogP contribution in [0.3, 0.4) is 0 Å². The Balaban J connectivity index is 2.02. The van der Waals surface area contributed by atoms with Gasteiger partial charge in [-0.05, 0) is 30.2 Å². The molecule has 0 atom stereocenters. The van der Waals surface area contributed by atoms with Crippen molar-refractivity contribution in [1.29, 1.82) is 0 Å². The molecule has 0 aliphatic heterocycles. The van der Waals surface area contributed by atoms with Crippen LogP contribution in [-0.2, 0) is 0 Å². The SMILES string of the molecule is COc1cc(N)cc(NCC2(C(C)C)CC2)c1. The standard InChI is InChI=1S/C14H22N2O/c1-10(2)14(4-5-14)9-16-12-6-11(15)7-13(8-12)17-3/h6-8,10,16H,4-5,9,15H2,1-3H3. The maximum Gasteiger partial charge on any atom is 0.122 e. The zero-order valence-electron chi connectivity index (χ0n) is 10.9. The van der Waals surface area contributed by atoms with Gasteiger partial charge < -0.3 is 15.8 Å². The summed E-state index contributed by atoms with van der Waals surface area (Å²) in [7, 11) is 1.66. The van der Waals surface area contributed by atoms with E-state index in [2.05, 4.69) is 19.2 Å². The fourth-order valence-corrected chi connectivity index (χ4v) is 2.24. The molecule has 1 aliphatic carbocycles. The first-order valence-corrected chi connectivity index (χ1v) is 6.24. The zero-order valence-corrected chi connectivity index (χ0v) is 10.9. The Morgan fingerprint density at radius 2 is 2.06 bits per heavy atom. The van der Waals surface area contributed by atoms with Crippen LogP contribution in [0.4, 0.5) is 11.4 Å². The molecular weight excluding hydrogens is 212 g/mol. The Hall–Kier alpha value is -1.38. The van der Waals surface area contributed by atoms with E-state index in [1.807, 2.05) is 18.2 Å². The van der Waals surface area contributed by atoms with E-state index in [0.717, 1.165) is 29.6 Å². The molecule has 3 N–H and O–H groups in total. The average molecular weight is 234 g/mol. The minimum absolute atomic E-state index is 0.498. The van der Waals surface area contributed by atoms with E-state index in [-0.39, 0.29) is 0 Å². The molecule has 0 spiro atoms. The predicted molar refractivity (Wildman–Crippen MR) is 72.4 cm³/mol. The van der Waals surface area contributed by atoms with Crippen molar-refractivity contribution in [2.45, 2.75) is 26.7 Å². The molecule has 1 fully saturated rings. The van der Waals surface area contributed by atoms with Crippen molar-refractivity contribution in [3.63, 3.8) is 0 Å². The monoisotopic (exact) mass is 234 g/mol. The molecule has 1 aromatic rings. The Morgan fingerprint density at radius 1 is 1.35 bits per heavy atom. The molecule has 0 bridgehead atoms. The smallest absolute Gasteiger partial charge is 0.122 e. The number of rotatable bonds is 5. The summed E-state index contributed by atoms with van der Waals surface area (Å²) in [5, 5.41) is 3.48. The van der Waals surface area contributed by atoms with E-state index in [1.54, 1.807) is 7.11 Å². The molecule has 1 aromatic carbocycles. The Bertz CT molecular complexity index is 397. The van der Waals surface area contributed by atoms with Crippen LogP contribution < -0.4 is 15.8 Å². The molecule has 2 rings (SSSR count). The lowest BCUT2D eigenvalue weighted by Gasteiger charge is -2.21. The van der Waals surface area contributed by atoms with E-state index in [4.69, 9.17) is 10.5 Å². The van der Waals surface area contributed by atoms with Crippen LogP contribution in [0.25, 0.3) is 0 Å². The molecule has 1 saturated carbocycles. The van der Waals surface area contributed by atoms with E-state index < -0.39 is 0 Å². The fourth-order valence-electron chi connectivity index (χ4n) is 2.24. The Kier molecular flexibility index (Phi) is 3.18. The first-order valence-electron chi connectivity index (χ1n) is 6.24. The molecule has 94 valence electrons. The van der Waals surface area contributed by atoms with Crippen molar-refractivity contribution < 1.29 is 4.74 Å². The molecule has 3 nitrogen and oxygen atoms in total. The molecule has 0 heterocycles. The summed E-state index contributed by atoms with van der Waals surface area (Å²) in [6.45, 7) is 5.63. The third kappa shape index (κ3) is 2.65. The summed E-state index contributed by atoms with van der Waals surface area (Å²) in [6.07, 6.45) is 2.66. The van der Waals surface area contributed by atoms with Crippen LogP contribution in [0.1, 0.15) is 26.7 Å². The van der Waals surface area contributed by atoms with E-state index in [9.17, 15) is 0 Å². The summed E-state index contributed by atoms with van der Waals surface area (Å²) in [5.41, 5.74) is 8.11. The van der Waals surface area contributed by atoms with Gasteiger partial charge in [0.2, 0.25) is 0 Å². The number of methoxy groups -OCH3 is 1. The number of hydrogen-bond acceptors (Lipinski definition) is 3. The number of hydrogen-bond donors (Lipinski definition) is 2. The maximum absolute atomic E-state index is 5.83. The van der Waals surface area contributed by atoms with Gasteiger partial charge in [-0.2, -0.15) is 0 Å². The molecule has 0 aromatic heterocycles. The first kappa shape index (κ1) is 12.1. The molecule has 0 radical (unpaired) electrons. The minimum Gasteiger partial charge on any atom is -0.497 e. The highest BCUT2D eigenvalue weighted by Gasteiger charge is 2.44. The van der Waals surface area contributed by atoms with E-state index in [0.29, 0.717) is 5.41 Å². The van der Waals surface area contributed by atoms with Crippen molar-refractivity contribution in [2.24, 2.45) is 11.3 Å². The third-order valence-electron chi connectivity index (χ3n) is 3.93. The first-order chi connectivity index (χ1) is 8.05. The third-order valence-corrected chi connectivity index (χ3v) is 3.93. The second-order valence-electron chi connectivity index (χ2n) is 5.37. The normalized spacial score (nSPS) is 16.9. The van der Waals surface area contributed by atoms with E-state index >= 15 is 0 Å². The molecular formula is C14H22N2O. The number of nitrogens with one attached hydrogen (secondary N) is 1. The summed E-state index contributed by atoms with van der Waals surface area (Å²) in [4.78, 5) is 0. The van der Waals surface area contributed by atoms with Gasteiger partial charge in [-0.1, -0.05) is 13.8 Å². The quantitative estimate of drug-likeness (QED) is 0.769. The van der Waals surface area contributed by atoms with Gasteiger partial charge in [-0.15, -0.1) is 0 Å². The van der Waals surface area contributed by atoms with E-state index in [1.165, 1.54) is 12.8 Å². The van der Waals surface area contributed by atoms with Gasteiger partial charge in [0.1, 0.15) is 5.75 Å². The van der Waals surface area contributed by atoms with Crippen LogP contribution in [0.5, 0.6) is 5.75 Å². The van der Waals surface area contributed by atoms with Gasteiger partial charge in [-0.25, -0.2) is 0 Å². The van der Waals surface area contributed by atoms with Gasteiger partial charge in [0.05, 0.1) is 7.11 Å². The largest absolute Gasteiger partial charge is 0.497 e. The molecule has 17 heavy (non-hydrogen) atoms. The molecule has 0 unspecified atom stereocenters. The molecule has 3 heteroatoms. The summed E-state index contributed by atoms with van der Waals surface area (Å²) >= 11 is 0. The Labute approximate surface area is 103 Å². The van der Waals surface area contributed by atoms with Crippen molar-refractivity contribution in [3.8, 4) is 5.75 Å². The van der Waals surface area contributed by atoms with Crippen molar-refractivity contribution in [1.82, 2.24) is 0 Å². The van der Waals surface area contributed by atoms with Gasteiger partial charge >= 0.3 is 0 Å². The molecule has 1 aliphatic rings. The number of benzene rings is 1. The van der Waals surface area contributed by atoms with Gasteiger partial charge in [-0.3, -0.25) is 0 Å². The van der Waals surface area contributed by atoms with Gasteiger partial charge in [0, 0.05) is 30.1 Å². The highest BCUT2D eigenvalue weighted by atomic mass is 16.5. The second kappa shape index (κ2) is 4.47. The number of nitrogens with two attached hydrogens (primary N) is 1. The Morgan fingerprint density at radius 3 is 2.59 bits per heavy atom. The highest BCUT2D eigenvalue weighted by molar-refractivity contribution is 5.59. The van der Waals surface area contributed by atoms with Crippen molar-refractivity contribution >= 4 is 11.4 Å². The average Bonchev–Trinajstić information content (AvgIpc) is 3.06. The second-order valence-corrected chi connectivity index (χ2v) is 5.37. The van der Waals surface area contributed by atoms with Gasteiger partial charge in [0.25, 0.3) is 0 Å². The lowest BCUT2D eigenvalue weighted by Crippen LogP contribution is -2.20. The zero-order chi connectivity index (χ0) is 12.5. The fraction of sp³-hybridized carbons (Fsp3) is 0.571. The molecule has 0 amide bonds. The number of nitrogen functional groups attached to an aromatic ring is 1. The van der Waals surface area contributed by atoms with Crippen LogP contribution >= 0.6 is 0 Å². The number of anilines is 2. The summed E-state index contributed by atoms with van der Waals surface area (Å²) in [5.74, 6) is 1.54. The lowest BCUT2D eigenvalue weighted by molar-refractivity contribution is 0.380. The van der Waals surface area contributed by atoms with Crippen LogP contribution in [0.15, 0.2) is 18.2 Å². The van der Waals surface area contributed by atoms with Crippen LogP contribution in [-0.4, -0.2) is 13.7 Å². The van der Waals surface area contributed by atoms with Crippen LogP contribution in [0, 0.1) is 11.3 Å². The summed E-state index contributed by atoms with van der Waals surface area (Å²) in [6, 6.07) is 5.78. The lowest BCUT2D eigenvalue weighted by atomic mass is 9.92. The van der Waals surface area contributed by atoms with Crippen molar-refractivity contribution in [2.75, 3.05) is 24.7 Å². The maximum atomic E-state index is 5.83. The van der Waals surface area contributed by atoms with Gasteiger partial charge in [0.15, 0.2) is 0 Å². The van der Waals surface area contributed by atoms with Crippen LogP contribution in [0.2, 0.25) is 0 Å².